The molecule has 212 valence electrons. The molecule has 1 aliphatic rings. The topological polar surface area (TPSA) is 90.3 Å². The van der Waals surface area contributed by atoms with Crippen LogP contribution in [0.1, 0.15) is 43.0 Å². The van der Waals surface area contributed by atoms with Gasteiger partial charge in [-0.3, -0.25) is 4.79 Å². The van der Waals surface area contributed by atoms with Gasteiger partial charge in [0.05, 0.1) is 19.3 Å². The number of benzene rings is 3. The van der Waals surface area contributed by atoms with Crippen LogP contribution in [-0.2, 0) is 10.5 Å². The number of fused-ring (bicyclic) bond motifs is 1. The third-order valence-electron chi connectivity index (χ3n) is 6.63. The SMILES string of the molecule is CCCOc1ccc(C2C(C(=O)Nc3cccc(C)c3)=C(C)Nc3nc(SCc4ccccc4Cl)nn32)cc1OC. The molecule has 0 bridgehead atoms. The van der Waals surface area contributed by atoms with E-state index in [1.165, 1.54) is 11.8 Å². The van der Waals surface area contributed by atoms with E-state index in [0.29, 0.717) is 51.3 Å². The van der Waals surface area contributed by atoms with Crippen molar-refractivity contribution in [3.63, 3.8) is 0 Å². The number of carbonyl (C=O) groups is 1. The van der Waals surface area contributed by atoms with Gasteiger partial charge in [0, 0.05) is 22.2 Å². The van der Waals surface area contributed by atoms with Gasteiger partial charge in [0.25, 0.3) is 5.91 Å². The maximum Gasteiger partial charge on any atom is 0.255 e. The van der Waals surface area contributed by atoms with Crippen LogP contribution in [0, 0.1) is 6.92 Å². The number of amides is 1. The van der Waals surface area contributed by atoms with E-state index in [4.69, 9.17) is 31.2 Å². The van der Waals surface area contributed by atoms with Gasteiger partial charge in [-0.2, -0.15) is 4.98 Å². The van der Waals surface area contributed by atoms with E-state index >= 15 is 0 Å². The molecule has 2 N–H and O–H groups in total. The maximum atomic E-state index is 13.9. The van der Waals surface area contributed by atoms with Crippen molar-refractivity contribution in [3.05, 3.63) is 99.7 Å². The number of allylic oxidation sites excluding steroid dienone is 1. The van der Waals surface area contributed by atoms with Crippen molar-refractivity contribution in [2.45, 2.75) is 44.1 Å². The van der Waals surface area contributed by atoms with Crippen molar-refractivity contribution in [1.29, 1.82) is 0 Å². The molecule has 10 heteroatoms. The average Bonchev–Trinajstić information content (AvgIpc) is 3.37. The normalized spacial score (nSPS) is 14.3. The Balaban J connectivity index is 1.53. The van der Waals surface area contributed by atoms with Crippen LogP contribution >= 0.6 is 23.4 Å². The van der Waals surface area contributed by atoms with Gasteiger partial charge in [-0.25, -0.2) is 4.68 Å². The number of thioether (sulfide) groups is 1. The molecule has 0 saturated carbocycles. The Labute approximate surface area is 249 Å². The molecule has 1 aliphatic heterocycles. The molecule has 1 unspecified atom stereocenters. The standard InChI is InChI=1S/C31H32ClN5O3S/c1-5-15-40-25-14-13-21(17-26(25)39-4)28-27(29(38)34-23-11-8-9-19(2)16-23)20(3)33-30-35-31(36-37(28)30)41-18-22-10-6-7-12-24(22)32/h6-14,16-17,28H,5,15,18H2,1-4H3,(H,34,38)(H,33,35,36). The number of anilines is 2. The molecule has 4 aromatic rings. The van der Waals surface area contributed by atoms with E-state index < -0.39 is 6.04 Å². The minimum atomic E-state index is -0.563. The summed E-state index contributed by atoms with van der Waals surface area (Å²) < 4.78 is 13.3. The number of rotatable bonds is 10. The van der Waals surface area contributed by atoms with Crippen LogP contribution in [-0.4, -0.2) is 34.4 Å². The van der Waals surface area contributed by atoms with Crippen molar-refractivity contribution in [3.8, 4) is 11.5 Å². The van der Waals surface area contributed by atoms with E-state index in [1.807, 2.05) is 80.6 Å². The molecule has 1 atom stereocenters. The van der Waals surface area contributed by atoms with Crippen molar-refractivity contribution in [2.75, 3.05) is 24.4 Å². The first-order valence-electron chi connectivity index (χ1n) is 13.4. The fourth-order valence-corrected chi connectivity index (χ4v) is 5.77. The number of nitrogens with zero attached hydrogens (tertiary/aromatic N) is 3. The van der Waals surface area contributed by atoms with Gasteiger partial charge in [-0.1, -0.05) is 66.7 Å². The number of aryl methyl sites for hydroxylation is 1. The third-order valence-corrected chi connectivity index (χ3v) is 7.89. The van der Waals surface area contributed by atoms with Gasteiger partial charge in [0.1, 0.15) is 6.04 Å². The van der Waals surface area contributed by atoms with Crippen LogP contribution < -0.4 is 20.1 Å². The summed E-state index contributed by atoms with van der Waals surface area (Å²) in [6.07, 6.45) is 0.876. The summed E-state index contributed by atoms with van der Waals surface area (Å²) >= 11 is 7.85. The highest BCUT2D eigenvalue weighted by molar-refractivity contribution is 7.98. The molecular weight excluding hydrogens is 558 g/mol. The van der Waals surface area contributed by atoms with Crippen LogP contribution in [0.25, 0.3) is 0 Å². The number of ether oxygens (including phenoxy) is 2. The fraction of sp³-hybridized carbons (Fsp3) is 0.258. The zero-order chi connectivity index (χ0) is 28.9. The highest BCUT2D eigenvalue weighted by atomic mass is 35.5. The third kappa shape index (κ3) is 6.36. The Morgan fingerprint density at radius 3 is 2.68 bits per heavy atom. The van der Waals surface area contributed by atoms with Gasteiger partial charge in [0.2, 0.25) is 11.1 Å². The van der Waals surface area contributed by atoms with Crippen molar-refractivity contribution < 1.29 is 14.3 Å². The summed E-state index contributed by atoms with van der Waals surface area (Å²) in [5, 5.41) is 12.5. The van der Waals surface area contributed by atoms with E-state index in [9.17, 15) is 4.79 Å². The minimum absolute atomic E-state index is 0.234. The van der Waals surface area contributed by atoms with Gasteiger partial charge >= 0.3 is 0 Å². The number of aromatic nitrogens is 3. The quantitative estimate of drug-likeness (QED) is 0.188. The molecular formula is C31H32ClN5O3S. The van der Waals surface area contributed by atoms with Crippen LogP contribution in [0.2, 0.25) is 5.02 Å². The molecule has 0 radical (unpaired) electrons. The minimum Gasteiger partial charge on any atom is -0.493 e. The fourth-order valence-electron chi connectivity index (χ4n) is 4.66. The van der Waals surface area contributed by atoms with Crippen LogP contribution in [0.4, 0.5) is 11.6 Å². The number of methoxy groups -OCH3 is 1. The Kier molecular flexibility index (Phi) is 8.85. The summed E-state index contributed by atoms with van der Waals surface area (Å²) in [6, 6.07) is 20.6. The van der Waals surface area contributed by atoms with E-state index in [0.717, 1.165) is 28.8 Å². The Hall–Kier alpha value is -3.95. The molecule has 8 nitrogen and oxygen atoms in total. The predicted molar refractivity (Wildman–Crippen MR) is 164 cm³/mol. The van der Waals surface area contributed by atoms with Gasteiger partial charge in [-0.05, 0) is 67.3 Å². The summed E-state index contributed by atoms with van der Waals surface area (Å²) in [6.45, 7) is 6.49. The molecule has 0 aliphatic carbocycles. The molecule has 1 amide bonds. The summed E-state index contributed by atoms with van der Waals surface area (Å²) in [5.41, 5.74) is 4.79. The number of hydrogen-bond donors (Lipinski definition) is 2. The maximum absolute atomic E-state index is 13.9. The second-order valence-electron chi connectivity index (χ2n) is 9.69. The number of nitrogens with one attached hydrogen (secondary N) is 2. The van der Waals surface area contributed by atoms with E-state index in [1.54, 1.807) is 11.8 Å². The summed E-state index contributed by atoms with van der Waals surface area (Å²) in [4.78, 5) is 18.6. The van der Waals surface area contributed by atoms with Gasteiger partial charge in [0.15, 0.2) is 11.5 Å². The Morgan fingerprint density at radius 2 is 1.93 bits per heavy atom. The first kappa shape index (κ1) is 28.6. The first-order chi connectivity index (χ1) is 19.9. The summed E-state index contributed by atoms with van der Waals surface area (Å²) in [5.74, 6) is 2.15. The largest absolute Gasteiger partial charge is 0.493 e. The van der Waals surface area contributed by atoms with Crippen LogP contribution in [0.3, 0.4) is 0 Å². The second-order valence-corrected chi connectivity index (χ2v) is 11.0. The molecule has 0 fully saturated rings. The number of hydrogen-bond acceptors (Lipinski definition) is 7. The molecule has 0 spiro atoms. The van der Waals surface area contributed by atoms with E-state index in [-0.39, 0.29) is 5.91 Å². The van der Waals surface area contributed by atoms with Crippen molar-refractivity contribution in [2.24, 2.45) is 0 Å². The highest BCUT2D eigenvalue weighted by Crippen LogP contribution is 2.40. The van der Waals surface area contributed by atoms with Gasteiger partial charge in [-0.15, -0.1) is 5.10 Å². The van der Waals surface area contributed by atoms with Crippen molar-refractivity contribution in [1.82, 2.24) is 14.8 Å². The lowest BCUT2D eigenvalue weighted by Gasteiger charge is -2.29. The Morgan fingerprint density at radius 1 is 1.10 bits per heavy atom. The zero-order valence-corrected chi connectivity index (χ0v) is 25.0. The number of carbonyl (C=O) groups excluding carboxylic acids is 1. The lowest BCUT2D eigenvalue weighted by Crippen LogP contribution is -2.31. The Bertz CT molecular complexity index is 1600. The molecule has 2 heterocycles. The first-order valence-corrected chi connectivity index (χ1v) is 14.7. The van der Waals surface area contributed by atoms with Crippen molar-refractivity contribution >= 4 is 40.9 Å². The lowest BCUT2D eigenvalue weighted by molar-refractivity contribution is -0.113. The van der Waals surface area contributed by atoms with Gasteiger partial charge < -0.3 is 20.1 Å². The highest BCUT2D eigenvalue weighted by Gasteiger charge is 2.35. The summed E-state index contributed by atoms with van der Waals surface area (Å²) in [7, 11) is 1.61. The number of halogens is 1. The monoisotopic (exact) mass is 589 g/mol. The molecule has 1 aromatic heterocycles. The lowest BCUT2D eigenvalue weighted by atomic mass is 9.94. The molecule has 5 rings (SSSR count). The van der Waals surface area contributed by atoms with Crippen LogP contribution in [0.15, 0.2) is 83.2 Å². The molecule has 41 heavy (non-hydrogen) atoms. The predicted octanol–water partition coefficient (Wildman–Crippen LogP) is 7.26. The van der Waals surface area contributed by atoms with Crippen LogP contribution in [0.5, 0.6) is 11.5 Å². The van der Waals surface area contributed by atoms with E-state index in [2.05, 4.69) is 17.6 Å². The smallest absolute Gasteiger partial charge is 0.255 e. The average molecular weight is 590 g/mol. The zero-order valence-electron chi connectivity index (χ0n) is 23.4. The molecule has 3 aromatic carbocycles. The second kappa shape index (κ2) is 12.7. The molecule has 0 saturated heterocycles.